The van der Waals surface area contributed by atoms with Crippen molar-refractivity contribution in [2.45, 2.75) is 0 Å². The molecule has 0 fully saturated rings. The number of pyridine rings is 1. The highest BCUT2D eigenvalue weighted by Crippen LogP contribution is 2.26. The summed E-state index contributed by atoms with van der Waals surface area (Å²) >= 11 is 3.09. The number of aromatic nitrogens is 1. The van der Waals surface area contributed by atoms with Gasteiger partial charge in [0.05, 0.1) is 22.7 Å². The first-order valence-electron chi connectivity index (χ1n) is 4.67. The quantitative estimate of drug-likeness (QED) is 0.888. The van der Waals surface area contributed by atoms with Crippen molar-refractivity contribution in [3.8, 4) is 5.75 Å². The van der Waals surface area contributed by atoms with Gasteiger partial charge in [-0.05, 0) is 34.1 Å². The van der Waals surface area contributed by atoms with Crippen molar-refractivity contribution in [3.63, 3.8) is 0 Å². The molecule has 0 bridgehead atoms. The first-order valence-corrected chi connectivity index (χ1v) is 5.46. The number of carbonyl (C=O) groups is 1. The number of rotatable bonds is 2. The molecule has 2 N–H and O–H groups in total. The third kappa shape index (κ3) is 2.03. The second kappa shape index (κ2) is 4.21. The number of nitrogens with one attached hydrogen (secondary N) is 1. The van der Waals surface area contributed by atoms with Gasteiger partial charge in [-0.3, -0.25) is 4.79 Å². The molecule has 17 heavy (non-hydrogen) atoms. The maximum Gasteiger partial charge on any atom is 0.335 e. The molecule has 88 valence electrons. The van der Waals surface area contributed by atoms with Crippen LogP contribution < -0.4 is 10.3 Å². The van der Waals surface area contributed by atoms with Crippen LogP contribution in [0.5, 0.6) is 5.75 Å². The number of benzene rings is 1. The zero-order chi connectivity index (χ0) is 12.6. The first-order chi connectivity index (χ1) is 8.02. The van der Waals surface area contributed by atoms with Gasteiger partial charge in [-0.1, -0.05) is 0 Å². The normalized spacial score (nSPS) is 10.5. The maximum absolute atomic E-state index is 11.4. The van der Waals surface area contributed by atoms with E-state index in [9.17, 15) is 9.59 Å². The number of ether oxygens (including phenoxy) is 1. The van der Waals surface area contributed by atoms with E-state index in [0.717, 1.165) is 0 Å². The highest BCUT2D eigenvalue weighted by molar-refractivity contribution is 9.10. The number of carboxylic acid groups (broad SMARTS) is 1. The number of aromatic carboxylic acids is 1. The van der Waals surface area contributed by atoms with E-state index in [0.29, 0.717) is 21.1 Å². The fourth-order valence-corrected chi connectivity index (χ4v) is 1.89. The van der Waals surface area contributed by atoms with Gasteiger partial charge in [0.2, 0.25) is 0 Å². The summed E-state index contributed by atoms with van der Waals surface area (Å²) < 4.78 is 5.41. The van der Waals surface area contributed by atoms with Crippen LogP contribution in [0.4, 0.5) is 0 Å². The second-order valence-electron chi connectivity index (χ2n) is 3.39. The largest absolute Gasteiger partial charge is 0.495 e. The summed E-state index contributed by atoms with van der Waals surface area (Å²) in [5.74, 6) is -0.725. The number of aromatic amines is 1. The predicted molar refractivity (Wildman–Crippen MR) is 65.8 cm³/mol. The Morgan fingerprint density at radius 2 is 2.12 bits per heavy atom. The van der Waals surface area contributed by atoms with Crippen molar-refractivity contribution in [2.24, 2.45) is 0 Å². The minimum atomic E-state index is -1.05. The van der Waals surface area contributed by atoms with E-state index in [4.69, 9.17) is 9.84 Å². The van der Waals surface area contributed by atoms with E-state index in [1.54, 1.807) is 6.07 Å². The number of methoxy groups -OCH3 is 1. The third-order valence-corrected chi connectivity index (χ3v) is 2.93. The van der Waals surface area contributed by atoms with Gasteiger partial charge in [0.15, 0.2) is 0 Å². The molecular formula is C11H8BrNO4. The minimum absolute atomic E-state index is 0.105. The van der Waals surface area contributed by atoms with Crippen molar-refractivity contribution in [3.05, 3.63) is 38.6 Å². The Morgan fingerprint density at radius 3 is 2.71 bits per heavy atom. The highest BCUT2D eigenvalue weighted by Gasteiger charge is 2.11. The average Bonchev–Trinajstić information content (AvgIpc) is 2.29. The van der Waals surface area contributed by atoms with Crippen molar-refractivity contribution in [1.29, 1.82) is 0 Å². The van der Waals surface area contributed by atoms with E-state index in [1.807, 2.05) is 0 Å². The monoisotopic (exact) mass is 297 g/mol. The number of carboxylic acids is 1. The zero-order valence-electron chi connectivity index (χ0n) is 8.78. The molecule has 0 saturated heterocycles. The fourth-order valence-electron chi connectivity index (χ4n) is 1.54. The van der Waals surface area contributed by atoms with E-state index < -0.39 is 5.97 Å². The Labute approximate surface area is 104 Å². The van der Waals surface area contributed by atoms with Crippen LogP contribution in [0.3, 0.4) is 0 Å². The van der Waals surface area contributed by atoms with Gasteiger partial charge >= 0.3 is 5.97 Å². The second-order valence-corrected chi connectivity index (χ2v) is 4.25. The standard InChI is InChI=1S/C11H8BrNO4/c1-17-8-4-6(11(15)16)2-5-3-7(12)10(14)13-9(5)8/h2-4H,1H3,(H,13,14)(H,15,16). The first kappa shape index (κ1) is 11.7. The molecule has 0 unspecified atom stereocenters. The molecule has 1 heterocycles. The summed E-state index contributed by atoms with van der Waals surface area (Å²) in [6.45, 7) is 0. The molecule has 0 radical (unpaired) electrons. The van der Waals surface area contributed by atoms with Gasteiger partial charge in [0.25, 0.3) is 5.56 Å². The van der Waals surface area contributed by atoms with Crippen LogP contribution in [0.25, 0.3) is 10.9 Å². The van der Waals surface area contributed by atoms with Gasteiger partial charge in [-0.2, -0.15) is 0 Å². The molecule has 0 saturated carbocycles. The fraction of sp³-hybridized carbons (Fsp3) is 0.0909. The molecule has 0 aliphatic heterocycles. The van der Waals surface area contributed by atoms with Crippen molar-refractivity contribution >= 4 is 32.8 Å². The van der Waals surface area contributed by atoms with Crippen LogP contribution in [-0.4, -0.2) is 23.2 Å². The predicted octanol–water partition coefficient (Wildman–Crippen LogP) is 2.00. The molecule has 1 aromatic heterocycles. The number of halogens is 1. The van der Waals surface area contributed by atoms with Crippen LogP contribution in [0, 0.1) is 0 Å². The summed E-state index contributed by atoms with van der Waals surface area (Å²) in [5, 5.41) is 9.54. The van der Waals surface area contributed by atoms with E-state index in [1.165, 1.54) is 19.2 Å². The van der Waals surface area contributed by atoms with Crippen LogP contribution in [0.2, 0.25) is 0 Å². The minimum Gasteiger partial charge on any atom is -0.495 e. The lowest BCUT2D eigenvalue weighted by atomic mass is 10.1. The molecule has 6 heteroatoms. The summed E-state index contributed by atoms with van der Waals surface area (Å²) in [4.78, 5) is 25.0. The van der Waals surface area contributed by atoms with Crippen molar-refractivity contribution in [1.82, 2.24) is 4.98 Å². The number of fused-ring (bicyclic) bond motifs is 1. The van der Waals surface area contributed by atoms with Crippen LogP contribution in [-0.2, 0) is 0 Å². The summed E-state index contributed by atoms with van der Waals surface area (Å²) in [6, 6.07) is 4.40. The highest BCUT2D eigenvalue weighted by atomic mass is 79.9. The average molecular weight is 298 g/mol. The molecule has 2 aromatic rings. The third-order valence-electron chi connectivity index (χ3n) is 2.34. The molecule has 1 aromatic carbocycles. The molecule has 0 aliphatic carbocycles. The Morgan fingerprint density at radius 1 is 1.41 bits per heavy atom. The Balaban J connectivity index is 2.87. The number of hydrogen-bond acceptors (Lipinski definition) is 3. The van der Waals surface area contributed by atoms with E-state index in [-0.39, 0.29) is 11.1 Å². The lowest BCUT2D eigenvalue weighted by molar-refractivity contribution is 0.0696. The molecule has 0 aliphatic rings. The summed E-state index contributed by atoms with van der Waals surface area (Å²) in [7, 11) is 1.42. The van der Waals surface area contributed by atoms with Crippen LogP contribution in [0.15, 0.2) is 27.5 Å². The van der Waals surface area contributed by atoms with Crippen molar-refractivity contribution in [2.75, 3.05) is 7.11 Å². The van der Waals surface area contributed by atoms with Gasteiger partial charge in [-0.25, -0.2) is 4.79 Å². The summed E-state index contributed by atoms with van der Waals surface area (Å²) in [5.41, 5.74) is 0.290. The van der Waals surface area contributed by atoms with Gasteiger partial charge in [0, 0.05) is 5.39 Å². The molecule has 0 amide bonds. The number of H-pyrrole nitrogens is 1. The van der Waals surface area contributed by atoms with E-state index >= 15 is 0 Å². The molecule has 2 rings (SSSR count). The van der Waals surface area contributed by atoms with Crippen molar-refractivity contribution < 1.29 is 14.6 Å². The van der Waals surface area contributed by atoms with Crippen LogP contribution >= 0.6 is 15.9 Å². The topological polar surface area (TPSA) is 79.4 Å². The maximum atomic E-state index is 11.4. The SMILES string of the molecule is COc1cc(C(=O)O)cc2cc(Br)c(=O)[nH]c12. The lowest BCUT2D eigenvalue weighted by Gasteiger charge is -2.07. The Kier molecular flexibility index (Phi) is 2.89. The lowest BCUT2D eigenvalue weighted by Crippen LogP contribution is -2.07. The number of hydrogen-bond donors (Lipinski definition) is 2. The van der Waals surface area contributed by atoms with Crippen LogP contribution in [0.1, 0.15) is 10.4 Å². The van der Waals surface area contributed by atoms with E-state index in [2.05, 4.69) is 20.9 Å². The van der Waals surface area contributed by atoms with Gasteiger partial charge < -0.3 is 14.8 Å². The molecule has 0 atom stereocenters. The molecular weight excluding hydrogens is 290 g/mol. The summed E-state index contributed by atoms with van der Waals surface area (Å²) in [6.07, 6.45) is 0. The Bertz CT molecular complexity index is 662. The molecule has 0 spiro atoms. The van der Waals surface area contributed by atoms with Gasteiger partial charge in [-0.15, -0.1) is 0 Å². The zero-order valence-corrected chi connectivity index (χ0v) is 10.4. The van der Waals surface area contributed by atoms with Gasteiger partial charge in [0.1, 0.15) is 5.75 Å². The molecule has 5 nitrogen and oxygen atoms in total. The smallest absolute Gasteiger partial charge is 0.335 e. The Hall–Kier alpha value is -1.82.